The van der Waals surface area contributed by atoms with Crippen molar-refractivity contribution in [3.05, 3.63) is 48.0 Å². The third-order valence-electron chi connectivity index (χ3n) is 5.71. The van der Waals surface area contributed by atoms with Gasteiger partial charge in [-0.25, -0.2) is 8.42 Å². The number of nitrogens with zero attached hydrogens (tertiary/aromatic N) is 1. The number of hydrogen-bond acceptors (Lipinski definition) is 6. The zero-order chi connectivity index (χ0) is 23.3. The zero-order valence-corrected chi connectivity index (χ0v) is 19.6. The maximum Gasteiger partial charge on any atom is 0.243 e. The predicted octanol–water partition coefficient (Wildman–Crippen LogP) is 2.99. The van der Waals surface area contributed by atoms with Crippen molar-refractivity contribution in [2.24, 2.45) is 5.92 Å². The highest BCUT2D eigenvalue weighted by atomic mass is 32.2. The lowest BCUT2D eigenvalue weighted by atomic mass is 9.97. The fourth-order valence-corrected chi connectivity index (χ4v) is 5.38. The van der Waals surface area contributed by atoms with Crippen LogP contribution in [-0.2, 0) is 14.8 Å². The van der Waals surface area contributed by atoms with Gasteiger partial charge in [-0.05, 0) is 62.2 Å². The van der Waals surface area contributed by atoms with Crippen molar-refractivity contribution < 1.29 is 27.4 Å². The molecule has 32 heavy (non-hydrogen) atoms. The maximum atomic E-state index is 13.1. The van der Waals surface area contributed by atoms with Crippen molar-refractivity contribution >= 4 is 15.9 Å². The Balaban J connectivity index is 1.71. The number of ether oxygens (including phenoxy) is 3. The molecule has 1 saturated heterocycles. The van der Waals surface area contributed by atoms with Gasteiger partial charge in [0, 0.05) is 18.7 Å². The Morgan fingerprint density at radius 3 is 2.31 bits per heavy atom. The van der Waals surface area contributed by atoms with E-state index < -0.39 is 15.9 Å². The van der Waals surface area contributed by atoms with E-state index in [0.29, 0.717) is 36.6 Å². The van der Waals surface area contributed by atoms with Crippen molar-refractivity contribution in [1.82, 2.24) is 9.62 Å². The molecule has 9 heteroatoms. The van der Waals surface area contributed by atoms with Crippen LogP contribution in [0.25, 0.3) is 0 Å². The Morgan fingerprint density at radius 2 is 1.69 bits per heavy atom. The first-order chi connectivity index (χ1) is 15.3. The second kappa shape index (κ2) is 10.2. The van der Waals surface area contributed by atoms with Gasteiger partial charge in [-0.1, -0.05) is 0 Å². The Kier molecular flexibility index (Phi) is 7.63. The summed E-state index contributed by atoms with van der Waals surface area (Å²) in [5.74, 6) is 1.27. The molecular weight excluding hydrogens is 432 g/mol. The molecule has 0 bridgehead atoms. The van der Waals surface area contributed by atoms with Crippen LogP contribution in [0.15, 0.2) is 47.4 Å². The van der Waals surface area contributed by atoms with Gasteiger partial charge in [0.2, 0.25) is 15.9 Å². The summed E-state index contributed by atoms with van der Waals surface area (Å²) < 4.78 is 43.3. The molecular formula is C23H30N2O6S. The van der Waals surface area contributed by atoms with Gasteiger partial charge in [-0.3, -0.25) is 4.79 Å². The number of benzene rings is 2. The van der Waals surface area contributed by atoms with E-state index in [1.165, 1.54) is 23.5 Å². The number of nitrogens with one attached hydrogen (secondary N) is 1. The lowest BCUT2D eigenvalue weighted by molar-refractivity contribution is -0.126. The van der Waals surface area contributed by atoms with Gasteiger partial charge < -0.3 is 19.5 Å². The maximum absolute atomic E-state index is 13.1. The summed E-state index contributed by atoms with van der Waals surface area (Å²) in [5, 5.41) is 3.01. The van der Waals surface area contributed by atoms with Gasteiger partial charge in [-0.2, -0.15) is 4.31 Å². The van der Waals surface area contributed by atoms with E-state index in [2.05, 4.69) is 5.32 Å². The summed E-state index contributed by atoms with van der Waals surface area (Å²) in [4.78, 5) is 13.2. The van der Waals surface area contributed by atoms with E-state index in [1.807, 2.05) is 13.0 Å². The van der Waals surface area contributed by atoms with E-state index in [-0.39, 0.29) is 23.4 Å². The van der Waals surface area contributed by atoms with Crippen LogP contribution in [0.3, 0.4) is 0 Å². The molecule has 8 nitrogen and oxygen atoms in total. The van der Waals surface area contributed by atoms with Crippen LogP contribution in [-0.4, -0.2) is 53.0 Å². The van der Waals surface area contributed by atoms with Crippen LogP contribution in [0.2, 0.25) is 0 Å². The van der Waals surface area contributed by atoms with Crippen LogP contribution in [0.5, 0.6) is 17.2 Å². The molecule has 0 unspecified atom stereocenters. The lowest BCUT2D eigenvalue weighted by Crippen LogP contribution is -2.45. The molecule has 174 valence electrons. The molecule has 0 radical (unpaired) electrons. The molecule has 2 aromatic rings. The molecule has 2 aromatic carbocycles. The van der Waals surface area contributed by atoms with E-state index in [4.69, 9.17) is 14.2 Å². The highest BCUT2D eigenvalue weighted by Gasteiger charge is 2.34. The average Bonchev–Trinajstić information content (AvgIpc) is 2.83. The Labute approximate surface area is 189 Å². The molecule has 3 rings (SSSR count). The number of methoxy groups -OCH3 is 3. The molecule has 1 amide bonds. The summed E-state index contributed by atoms with van der Waals surface area (Å²) in [6, 6.07) is 11.4. The fourth-order valence-electron chi connectivity index (χ4n) is 3.86. The number of piperidine rings is 1. The number of carbonyl (C=O) groups is 1. The summed E-state index contributed by atoms with van der Waals surface area (Å²) >= 11 is 0. The van der Waals surface area contributed by atoms with Crippen LogP contribution < -0.4 is 19.5 Å². The highest BCUT2D eigenvalue weighted by molar-refractivity contribution is 7.89. The molecule has 1 fully saturated rings. The van der Waals surface area contributed by atoms with Gasteiger partial charge in [0.25, 0.3) is 0 Å². The third-order valence-corrected chi connectivity index (χ3v) is 7.59. The smallest absolute Gasteiger partial charge is 0.243 e. The van der Waals surface area contributed by atoms with Crippen molar-refractivity contribution in [2.45, 2.75) is 30.7 Å². The van der Waals surface area contributed by atoms with Crippen molar-refractivity contribution in [1.29, 1.82) is 0 Å². The standard InChI is InChI=1S/C23H30N2O6S/c1-16(21-14-19(30-3)9-12-22(21)31-4)24-23(26)17-6-5-13-25(15-17)32(27,28)20-10-7-18(29-2)8-11-20/h7-12,14,16-17H,5-6,13,15H2,1-4H3,(H,24,26)/t16-,17+/m0/s1. The van der Waals surface area contributed by atoms with Crippen LogP contribution in [0, 0.1) is 5.92 Å². The first-order valence-corrected chi connectivity index (χ1v) is 11.9. The predicted molar refractivity (Wildman–Crippen MR) is 121 cm³/mol. The van der Waals surface area contributed by atoms with Gasteiger partial charge >= 0.3 is 0 Å². The minimum Gasteiger partial charge on any atom is -0.497 e. The van der Waals surface area contributed by atoms with E-state index in [0.717, 1.165) is 5.56 Å². The van der Waals surface area contributed by atoms with Crippen molar-refractivity contribution in [3.8, 4) is 17.2 Å². The molecule has 1 N–H and O–H groups in total. The summed E-state index contributed by atoms with van der Waals surface area (Å²) in [7, 11) is 0.985. The Bertz CT molecular complexity index is 1040. The second-order valence-corrected chi connectivity index (χ2v) is 9.65. The van der Waals surface area contributed by atoms with E-state index in [9.17, 15) is 13.2 Å². The highest BCUT2D eigenvalue weighted by Crippen LogP contribution is 2.30. The molecule has 1 heterocycles. The fraction of sp³-hybridized carbons (Fsp3) is 0.435. The van der Waals surface area contributed by atoms with E-state index in [1.54, 1.807) is 38.5 Å². The Hall–Kier alpha value is -2.78. The molecule has 0 aromatic heterocycles. The number of rotatable bonds is 8. The molecule has 0 spiro atoms. The van der Waals surface area contributed by atoms with Gasteiger partial charge in [0.15, 0.2) is 0 Å². The second-order valence-electron chi connectivity index (χ2n) is 7.72. The van der Waals surface area contributed by atoms with Crippen LogP contribution in [0.1, 0.15) is 31.4 Å². The monoisotopic (exact) mass is 462 g/mol. The summed E-state index contributed by atoms with van der Waals surface area (Å²) in [6.45, 7) is 2.39. The van der Waals surface area contributed by atoms with Crippen LogP contribution >= 0.6 is 0 Å². The average molecular weight is 463 g/mol. The first kappa shape index (κ1) is 23.9. The summed E-state index contributed by atoms with van der Waals surface area (Å²) in [6.07, 6.45) is 1.24. The minimum atomic E-state index is -3.69. The largest absolute Gasteiger partial charge is 0.497 e. The lowest BCUT2D eigenvalue weighted by Gasteiger charge is -2.32. The van der Waals surface area contributed by atoms with Gasteiger partial charge in [0.05, 0.1) is 38.2 Å². The molecule has 0 aliphatic carbocycles. The molecule has 2 atom stereocenters. The van der Waals surface area contributed by atoms with Gasteiger partial charge in [0.1, 0.15) is 17.2 Å². The molecule has 0 saturated carbocycles. The number of amides is 1. The minimum absolute atomic E-state index is 0.141. The van der Waals surface area contributed by atoms with Gasteiger partial charge in [-0.15, -0.1) is 0 Å². The topological polar surface area (TPSA) is 94.2 Å². The SMILES string of the molecule is COc1ccc(S(=O)(=O)N2CCC[C@@H](C(=O)N[C@@H](C)c3cc(OC)ccc3OC)C2)cc1. The quantitative estimate of drug-likeness (QED) is 0.648. The summed E-state index contributed by atoms with van der Waals surface area (Å²) in [5.41, 5.74) is 0.790. The number of carbonyl (C=O) groups excluding carboxylic acids is 1. The van der Waals surface area contributed by atoms with Crippen molar-refractivity contribution in [3.63, 3.8) is 0 Å². The number of hydrogen-bond donors (Lipinski definition) is 1. The first-order valence-electron chi connectivity index (χ1n) is 10.5. The molecule has 1 aliphatic heterocycles. The Morgan fingerprint density at radius 1 is 1.03 bits per heavy atom. The molecule has 1 aliphatic rings. The number of sulfonamides is 1. The third kappa shape index (κ3) is 5.16. The normalized spacial score (nSPS) is 17.9. The zero-order valence-electron chi connectivity index (χ0n) is 18.8. The van der Waals surface area contributed by atoms with Crippen molar-refractivity contribution in [2.75, 3.05) is 34.4 Å². The van der Waals surface area contributed by atoms with Crippen LogP contribution in [0.4, 0.5) is 0 Å². The van der Waals surface area contributed by atoms with E-state index >= 15 is 0 Å².